The number of nitrogens with one attached hydrogen (secondary N) is 1. The topological polar surface area (TPSA) is 69.6 Å². The van der Waals surface area contributed by atoms with Crippen LogP contribution in [-0.2, 0) is 9.59 Å². The lowest BCUT2D eigenvalue weighted by Gasteiger charge is -2.34. The predicted octanol–water partition coefficient (Wildman–Crippen LogP) is 2.98. The summed E-state index contributed by atoms with van der Waals surface area (Å²) in [5.41, 5.74) is 1.04. The Morgan fingerprint density at radius 2 is 1.96 bits per heavy atom. The van der Waals surface area contributed by atoms with Crippen LogP contribution >= 0.6 is 0 Å². The third-order valence-electron chi connectivity index (χ3n) is 3.96. The third-order valence-corrected chi connectivity index (χ3v) is 3.96. The SMILES string of the molecule is C=C/C=C(\C=C/C)C(=C(/NC)C(=O)O)/N(C=O)C1CCCCC1. The molecule has 5 heteroatoms. The largest absolute Gasteiger partial charge is 0.477 e. The Kier molecular flexibility index (Phi) is 7.88. The van der Waals surface area contributed by atoms with E-state index < -0.39 is 5.97 Å². The van der Waals surface area contributed by atoms with Crippen LogP contribution in [0.1, 0.15) is 39.0 Å². The molecular weight excluding hydrogens is 292 g/mol. The van der Waals surface area contributed by atoms with E-state index >= 15 is 0 Å². The second-order valence-corrected chi connectivity index (χ2v) is 5.44. The molecule has 126 valence electrons. The summed E-state index contributed by atoms with van der Waals surface area (Å²) >= 11 is 0. The first-order valence-corrected chi connectivity index (χ1v) is 7.95. The highest BCUT2D eigenvalue weighted by Gasteiger charge is 2.28. The maximum atomic E-state index is 11.8. The number of carbonyl (C=O) groups is 2. The number of likely N-dealkylation sites (N-methyl/N-ethyl adjacent to an activating group) is 1. The number of carboxylic acids is 1. The Bertz CT molecular complexity index is 526. The van der Waals surface area contributed by atoms with Crippen LogP contribution in [0.3, 0.4) is 0 Å². The first-order chi connectivity index (χ1) is 11.1. The molecule has 0 aromatic heterocycles. The van der Waals surface area contributed by atoms with Gasteiger partial charge in [0.15, 0.2) is 0 Å². The van der Waals surface area contributed by atoms with Gasteiger partial charge in [-0.2, -0.15) is 0 Å². The van der Waals surface area contributed by atoms with Crippen molar-refractivity contribution in [1.29, 1.82) is 0 Å². The van der Waals surface area contributed by atoms with E-state index in [9.17, 15) is 14.7 Å². The fourth-order valence-corrected chi connectivity index (χ4v) is 2.95. The van der Waals surface area contributed by atoms with Crippen molar-refractivity contribution in [1.82, 2.24) is 10.2 Å². The van der Waals surface area contributed by atoms with E-state index in [0.29, 0.717) is 11.3 Å². The number of rotatable bonds is 8. The molecule has 1 fully saturated rings. The molecule has 0 aliphatic heterocycles. The Morgan fingerprint density at radius 1 is 1.30 bits per heavy atom. The predicted molar refractivity (Wildman–Crippen MR) is 91.6 cm³/mol. The van der Waals surface area contributed by atoms with Crippen LogP contribution in [0.4, 0.5) is 0 Å². The molecule has 0 spiro atoms. The molecule has 1 rings (SSSR count). The third kappa shape index (κ3) is 4.84. The Labute approximate surface area is 138 Å². The molecule has 0 atom stereocenters. The normalized spacial score (nSPS) is 17.6. The quantitative estimate of drug-likeness (QED) is 0.410. The van der Waals surface area contributed by atoms with Gasteiger partial charge in [-0.1, -0.05) is 50.1 Å². The van der Waals surface area contributed by atoms with Gasteiger partial charge < -0.3 is 15.3 Å². The zero-order valence-corrected chi connectivity index (χ0v) is 13.9. The molecule has 0 saturated heterocycles. The van der Waals surface area contributed by atoms with E-state index in [4.69, 9.17) is 0 Å². The van der Waals surface area contributed by atoms with Crippen LogP contribution in [0.2, 0.25) is 0 Å². The van der Waals surface area contributed by atoms with Crippen molar-refractivity contribution in [2.75, 3.05) is 7.05 Å². The number of carboxylic acid groups (broad SMARTS) is 1. The molecule has 23 heavy (non-hydrogen) atoms. The molecule has 1 aliphatic carbocycles. The number of hydrogen-bond donors (Lipinski definition) is 2. The van der Waals surface area contributed by atoms with Crippen LogP contribution in [0.25, 0.3) is 0 Å². The number of aliphatic carboxylic acids is 1. The molecule has 0 aromatic rings. The molecule has 2 N–H and O–H groups in total. The summed E-state index contributed by atoms with van der Waals surface area (Å²) in [4.78, 5) is 25.0. The van der Waals surface area contributed by atoms with Crippen molar-refractivity contribution in [3.63, 3.8) is 0 Å². The summed E-state index contributed by atoms with van der Waals surface area (Å²) in [7, 11) is 1.55. The van der Waals surface area contributed by atoms with E-state index in [1.165, 1.54) is 0 Å². The van der Waals surface area contributed by atoms with E-state index in [1.807, 2.05) is 13.0 Å². The number of hydrogen-bond acceptors (Lipinski definition) is 3. The van der Waals surface area contributed by atoms with Crippen LogP contribution < -0.4 is 5.32 Å². The summed E-state index contributed by atoms with van der Waals surface area (Å²) in [5.74, 6) is -1.09. The van der Waals surface area contributed by atoms with Crippen molar-refractivity contribution >= 4 is 12.4 Å². The highest BCUT2D eigenvalue weighted by atomic mass is 16.4. The summed E-state index contributed by atoms with van der Waals surface area (Å²) < 4.78 is 0. The van der Waals surface area contributed by atoms with Crippen molar-refractivity contribution in [3.8, 4) is 0 Å². The Morgan fingerprint density at radius 3 is 2.39 bits per heavy atom. The lowest BCUT2D eigenvalue weighted by atomic mass is 9.93. The molecule has 0 aromatic carbocycles. The molecule has 0 heterocycles. The maximum absolute atomic E-state index is 11.8. The second kappa shape index (κ2) is 9.66. The highest BCUT2D eigenvalue weighted by Crippen LogP contribution is 2.29. The molecule has 0 bridgehead atoms. The number of amides is 1. The van der Waals surface area contributed by atoms with Gasteiger partial charge in [-0.15, -0.1) is 0 Å². The number of allylic oxidation sites excluding steroid dienone is 4. The minimum absolute atomic E-state index is 0.00822. The monoisotopic (exact) mass is 318 g/mol. The summed E-state index contributed by atoms with van der Waals surface area (Å²) in [6.45, 7) is 5.53. The fourth-order valence-electron chi connectivity index (χ4n) is 2.95. The van der Waals surface area contributed by atoms with Crippen molar-refractivity contribution in [3.05, 3.63) is 47.9 Å². The van der Waals surface area contributed by atoms with Crippen LogP contribution in [0.15, 0.2) is 47.9 Å². The van der Waals surface area contributed by atoms with E-state index in [2.05, 4.69) is 11.9 Å². The molecule has 1 amide bonds. The van der Waals surface area contributed by atoms with Gasteiger partial charge in [0.2, 0.25) is 6.41 Å². The minimum Gasteiger partial charge on any atom is -0.477 e. The van der Waals surface area contributed by atoms with Gasteiger partial charge in [0, 0.05) is 18.7 Å². The molecule has 1 aliphatic rings. The Hall–Kier alpha value is -2.30. The van der Waals surface area contributed by atoms with E-state index in [-0.39, 0.29) is 11.7 Å². The molecular formula is C18H26N2O3. The van der Waals surface area contributed by atoms with Crippen LogP contribution in [0, 0.1) is 0 Å². The average Bonchev–Trinajstić information content (AvgIpc) is 2.55. The molecule has 0 unspecified atom stereocenters. The summed E-state index contributed by atoms with van der Waals surface area (Å²) in [5, 5.41) is 12.3. The number of nitrogens with zero attached hydrogens (tertiary/aromatic N) is 1. The first-order valence-electron chi connectivity index (χ1n) is 7.95. The smallest absolute Gasteiger partial charge is 0.354 e. The van der Waals surface area contributed by atoms with Crippen molar-refractivity contribution < 1.29 is 14.7 Å². The van der Waals surface area contributed by atoms with Crippen molar-refractivity contribution in [2.45, 2.75) is 45.1 Å². The van der Waals surface area contributed by atoms with Gasteiger partial charge in [0.05, 0.1) is 5.70 Å². The average molecular weight is 318 g/mol. The zero-order chi connectivity index (χ0) is 17.2. The first kappa shape index (κ1) is 18.7. The highest BCUT2D eigenvalue weighted by molar-refractivity contribution is 5.88. The molecule has 5 nitrogen and oxygen atoms in total. The minimum atomic E-state index is -1.09. The van der Waals surface area contributed by atoms with Gasteiger partial charge in [0.1, 0.15) is 5.70 Å². The lowest BCUT2D eigenvalue weighted by molar-refractivity contribution is -0.133. The summed E-state index contributed by atoms with van der Waals surface area (Å²) in [6.07, 6.45) is 12.7. The Balaban J connectivity index is 3.47. The van der Waals surface area contributed by atoms with Crippen molar-refractivity contribution in [2.24, 2.45) is 0 Å². The second-order valence-electron chi connectivity index (χ2n) is 5.44. The van der Waals surface area contributed by atoms with E-state index in [0.717, 1.165) is 38.5 Å². The lowest BCUT2D eigenvalue weighted by Crippen LogP contribution is -2.38. The zero-order valence-electron chi connectivity index (χ0n) is 13.9. The number of carbonyl (C=O) groups excluding carboxylic acids is 1. The van der Waals surface area contributed by atoms with Gasteiger partial charge >= 0.3 is 5.97 Å². The van der Waals surface area contributed by atoms with Crippen LogP contribution in [0.5, 0.6) is 0 Å². The van der Waals surface area contributed by atoms with Crippen LogP contribution in [-0.4, -0.2) is 35.5 Å². The van der Waals surface area contributed by atoms with Gasteiger partial charge in [-0.25, -0.2) is 4.79 Å². The summed E-state index contributed by atoms with van der Waals surface area (Å²) in [6, 6.07) is 0.0254. The maximum Gasteiger partial charge on any atom is 0.354 e. The van der Waals surface area contributed by atoms with Gasteiger partial charge in [-0.05, 0) is 19.8 Å². The van der Waals surface area contributed by atoms with Gasteiger partial charge in [-0.3, -0.25) is 4.79 Å². The molecule has 1 saturated carbocycles. The molecule has 0 radical (unpaired) electrons. The van der Waals surface area contributed by atoms with Gasteiger partial charge in [0.25, 0.3) is 0 Å². The standard InChI is InChI=1S/C18H26N2O3/c1-4-9-14(10-5-2)17(16(19-3)18(22)23)20(13-21)15-11-7-6-8-12-15/h4-5,9-10,13,15,19H,1,6-8,11-12H2,2-3H3,(H,22,23)/b10-5-,14-9+,17-16-. The van der Waals surface area contributed by atoms with E-state index in [1.54, 1.807) is 30.2 Å². The fraction of sp³-hybridized carbons (Fsp3) is 0.444.